The highest BCUT2D eigenvalue weighted by molar-refractivity contribution is 6.22. The molecule has 4 nitrogen and oxygen atoms in total. The van der Waals surface area contributed by atoms with Crippen molar-refractivity contribution >= 4 is 29.1 Å². The Labute approximate surface area is 122 Å². The molecule has 0 radical (unpaired) electrons. The molecule has 0 aliphatic heterocycles. The van der Waals surface area contributed by atoms with Gasteiger partial charge in [-0.25, -0.2) is 0 Å². The fraction of sp³-hybridized carbons (Fsp3) is 0.462. The summed E-state index contributed by atoms with van der Waals surface area (Å²) in [4.78, 5) is 12.1. The first kappa shape index (κ1) is 15.9. The number of carbonyl (C=O) groups is 1. The van der Waals surface area contributed by atoms with Crippen molar-refractivity contribution in [3.63, 3.8) is 0 Å². The first-order chi connectivity index (χ1) is 9.01. The van der Waals surface area contributed by atoms with Gasteiger partial charge in [-0.3, -0.25) is 4.79 Å². The molecule has 0 bridgehead atoms. The largest absolute Gasteiger partial charge is 0.507 e. The number of aromatic hydroxyl groups is 1. The molecule has 6 heteroatoms. The molecule has 1 aromatic carbocycles. The highest BCUT2D eigenvalue weighted by atomic mass is 35.5. The van der Waals surface area contributed by atoms with Crippen LogP contribution in [-0.4, -0.2) is 35.4 Å². The van der Waals surface area contributed by atoms with Crippen LogP contribution in [0.4, 0.5) is 0 Å². The second-order valence-corrected chi connectivity index (χ2v) is 4.77. The van der Waals surface area contributed by atoms with Crippen LogP contribution in [0.15, 0.2) is 18.2 Å². The summed E-state index contributed by atoms with van der Waals surface area (Å²) in [5.41, 5.74) is -0.513. The van der Waals surface area contributed by atoms with Crippen molar-refractivity contribution < 1.29 is 14.6 Å². The van der Waals surface area contributed by atoms with Crippen molar-refractivity contribution in [2.45, 2.75) is 18.9 Å². The number of nitrogens with one attached hydrogen (secondary N) is 1. The molecule has 0 unspecified atom stereocenters. The molecule has 0 aliphatic carbocycles. The van der Waals surface area contributed by atoms with Crippen LogP contribution in [-0.2, 0) is 0 Å². The van der Waals surface area contributed by atoms with Gasteiger partial charge in [0.05, 0.1) is 18.2 Å². The summed E-state index contributed by atoms with van der Waals surface area (Å²) >= 11 is 11.7. The minimum absolute atomic E-state index is 0.147. The van der Waals surface area contributed by atoms with Crippen molar-refractivity contribution in [3.8, 4) is 11.5 Å². The fourth-order valence-corrected chi connectivity index (χ4v) is 2.32. The third-order valence-electron chi connectivity index (χ3n) is 3.02. The summed E-state index contributed by atoms with van der Waals surface area (Å²) < 4.78 is 4.96. The zero-order chi connectivity index (χ0) is 14.5. The van der Waals surface area contributed by atoms with E-state index < -0.39 is 11.4 Å². The van der Waals surface area contributed by atoms with E-state index in [1.165, 1.54) is 19.2 Å². The number of hydrogen-bond donors (Lipinski definition) is 2. The number of halogens is 2. The lowest BCUT2D eigenvalue weighted by atomic mass is 10.0. The van der Waals surface area contributed by atoms with Gasteiger partial charge in [0.1, 0.15) is 11.5 Å². The van der Waals surface area contributed by atoms with Crippen LogP contribution in [0.3, 0.4) is 0 Å². The third-order valence-corrected chi connectivity index (χ3v) is 4.04. The van der Waals surface area contributed by atoms with Crippen molar-refractivity contribution in [1.82, 2.24) is 5.32 Å². The molecule has 0 fully saturated rings. The normalized spacial score (nSPS) is 11.2. The lowest BCUT2D eigenvalue weighted by Gasteiger charge is -2.29. The predicted molar refractivity (Wildman–Crippen MR) is 76.6 cm³/mol. The SMILES string of the molecule is CCC(CCl)(CCl)NC(=O)c1ccc(OC)cc1O. The number of hydrogen-bond acceptors (Lipinski definition) is 3. The van der Waals surface area contributed by atoms with E-state index in [4.69, 9.17) is 27.9 Å². The van der Waals surface area contributed by atoms with E-state index in [0.29, 0.717) is 12.2 Å². The van der Waals surface area contributed by atoms with Crippen LogP contribution >= 0.6 is 23.2 Å². The Morgan fingerprint density at radius 3 is 2.47 bits per heavy atom. The molecule has 0 saturated carbocycles. The molecule has 0 heterocycles. The number of benzene rings is 1. The van der Waals surface area contributed by atoms with Gasteiger partial charge in [-0.05, 0) is 18.6 Å². The molecule has 1 aromatic rings. The number of phenols is 1. The smallest absolute Gasteiger partial charge is 0.255 e. The molecule has 1 amide bonds. The van der Waals surface area contributed by atoms with Crippen molar-refractivity contribution in [3.05, 3.63) is 23.8 Å². The lowest BCUT2D eigenvalue weighted by molar-refractivity contribution is 0.0911. The minimum atomic E-state index is -0.674. The Morgan fingerprint density at radius 1 is 1.42 bits per heavy atom. The van der Waals surface area contributed by atoms with Crippen LogP contribution in [0.2, 0.25) is 0 Å². The van der Waals surface area contributed by atoms with Crippen LogP contribution in [0.1, 0.15) is 23.7 Å². The van der Waals surface area contributed by atoms with Gasteiger partial charge < -0.3 is 15.2 Å². The molecule has 0 aliphatic rings. The van der Waals surface area contributed by atoms with Crippen molar-refractivity contribution in [2.24, 2.45) is 0 Å². The Hall–Kier alpha value is -1.13. The predicted octanol–water partition coefficient (Wildman–Crippen LogP) is 2.76. The van der Waals surface area contributed by atoms with Crippen LogP contribution in [0, 0.1) is 0 Å². The van der Waals surface area contributed by atoms with E-state index in [-0.39, 0.29) is 23.1 Å². The van der Waals surface area contributed by atoms with E-state index in [2.05, 4.69) is 5.32 Å². The number of methoxy groups -OCH3 is 1. The molecule has 0 atom stereocenters. The van der Waals surface area contributed by atoms with Crippen LogP contribution in [0.5, 0.6) is 11.5 Å². The van der Waals surface area contributed by atoms with E-state index >= 15 is 0 Å². The summed E-state index contributed by atoms with van der Waals surface area (Å²) in [6.45, 7) is 1.89. The Bertz CT molecular complexity index is 439. The molecule has 19 heavy (non-hydrogen) atoms. The molecule has 106 valence electrons. The fourth-order valence-electron chi connectivity index (χ4n) is 1.52. The van der Waals surface area contributed by atoms with Gasteiger partial charge in [-0.2, -0.15) is 0 Å². The second kappa shape index (κ2) is 6.87. The van der Waals surface area contributed by atoms with Gasteiger partial charge >= 0.3 is 0 Å². The average Bonchev–Trinajstić information content (AvgIpc) is 2.44. The Morgan fingerprint density at radius 2 is 2.05 bits per heavy atom. The highest BCUT2D eigenvalue weighted by Gasteiger charge is 2.29. The molecule has 2 N–H and O–H groups in total. The van der Waals surface area contributed by atoms with Gasteiger partial charge in [0, 0.05) is 17.8 Å². The third kappa shape index (κ3) is 3.67. The summed E-state index contributed by atoms with van der Waals surface area (Å²) in [5.74, 6) is 0.325. The highest BCUT2D eigenvalue weighted by Crippen LogP contribution is 2.24. The molecule has 0 spiro atoms. The summed E-state index contributed by atoms with van der Waals surface area (Å²) in [5, 5.41) is 12.6. The van der Waals surface area contributed by atoms with Gasteiger partial charge in [0.15, 0.2) is 0 Å². The maximum Gasteiger partial charge on any atom is 0.255 e. The topological polar surface area (TPSA) is 58.6 Å². The first-order valence-electron chi connectivity index (χ1n) is 5.83. The number of amides is 1. The van der Waals surface area contributed by atoms with E-state index in [9.17, 15) is 9.90 Å². The summed E-state index contributed by atoms with van der Waals surface area (Å²) in [7, 11) is 1.48. The minimum Gasteiger partial charge on any atom is -0.507 e. The van der Waals surface area contributed by atoms with Gasteiger partial charge in [0.25, 0.3) is 5.91 Å². The zero-order valence-corrected chi connectivity index (χ0v) is 12.4. The standard InChI is InChI=1S/C13H17Cl2NO3/c1-3-13(7-14,8-15)16-12(18)10-5-4-9(19-2)6-11(10)17/h4-6,17H,3,7-8H2,1-2H3,(H,16,18). The lowest BCUT2D eigenvalue weighted by Crippen LogP contribution is -2.51. The first-order valence-corrected chi connectivity index (χ1v) is 6.90. The van der Waals surface area contributed by atoms with Gasteiger partial charge in [0.2, 0.25) is 0 Å². The number of rotatable bonds is 6. The Kier molecular flexibility index (Phi) is 5.76. The molecular formula is C13H17Cl2NO3. The summed E-state index contributed by atoms with van der Waals surface area (Å²) in [6.07, 6.45) is 0.600. The van der Waals surface area contributed by atoms with Crippen LogP contribution in [0.25, 0.3) is 0 Å². The number of ether oxygens (including phenoxy) is 1. The number of alkyl halides is 2. The molecule has 0 saturated heterocycles. The van der Waals surface area contributed by atoms with E-state index in [1.807, 2.05) is 6.92 Å². The number of carbonyl (C=O) groups excluding carboxylic acids is 1. The van der Waals surface area contributed by atoms with Gasteiger partial charge in [-0.15, -0.1) is 23.2 Å². The average molecular weight is 306 g/mol. The van der Waals surface area contributed by atoms with Crippen molar-refractivity contribution in [2.75, 3.05) is 18.9 Å². The van der Waals surface area contributed by atoms with E-state index in [0.717, 1.165) is 0 Å². The molecular weight excluding hydrogens is 289 g/mol. The number of phenolic OH excluding ortho intramolecular Hbond substituents is 1. The molecule has 0 aromatic heterocycles. The maximum atomic E-state index is 12.1. The quantitative estimate of drug-likeness (QED) is 0.795. The monoisotopic (exact) mass is 305 g/mol. The molecule has 1 rings (SSSR count). The Balaban J connectivity index is 2.95. The van der Waals surface area contributed by atoms with E-state index in [1.54, 1.807) is 6.07 Å². The van der Waals surface area contributed by atoms with Crippen molar-refractivity contribution in [1.29, 1.82) is 0 Å². The maximum absolute atomic E-state index is 12.1. The van der Waals surface area contributed by atoms with Gasteiger partial charge in [-0.1, -0.05) is 6.92 Å². The zero-order valence-electron chi connectivity index (χ0n) is 10.9. The summed E-state index contributed by atoms with van der Waals surface area (Å²) in [6, 6.07) is 4.47. The van der Waals surface area contributed by atoms with Crippen LogP contribution < -0.4 is 10.1 Å². The second-order valence-electron chi connectivity index (χ2n) is 4.24.